The summed E-state index contributed by atoms with van der Waals surface area (Å²) in [5.41, 5.74) is 2.68. The molecule has 1 heterocycles. The monoisotopic (exact) mass is 787 g/mol. The molecule has 57 heavy (non-hydrogen) atoms. The fraction of sp³-hybridized carbons (Fsp3) is 0.545. The molecule has 0 aromatic heterocycles. The average molecular weight is 788 g/mol. The molecule has 0 radical (unpaired) electrons. The van der Waals surface area contributed by atoms with E-state index in [0.29, 0.717) is 41.3 Å². The molecule has 2 fully saturated rings. The van der Waals surface area contributed by atoms with Crippen molar-refractivity contribution in [3.63, 3.8) is 0 Å². The highest BCUT2D eigenvalue weighted by Gasteiger charge is 2.50. The molecule has 2 amide bonds. The molecule has 1 saturated heterocycles. The maximum Gasteiger partial charge on any atom is 0.270 e. The fourth-order valence-electron chi connectivity index (χ4n) is 8.70. The van der Waals surface area contributed by atoms with Gasteiger partial charge in [-0.2, -0.15) is 5.06 Å². The number of nitro groups is 1. The first-order valence-corrected chi connectivity index (χ1v) is 20.0. The molecule has 2 aliphatic rings. The van der Waals surface area contributed by atoms with Gasteiger partial charge in [0.05, 0.1) is 31.3 Å². The van der Waals surface area contributed by atoms with Crippen molar-refractivity contribution in [2.75, 3.05) is 34.4 Å². The molecule has 13 heteroatoms. The minimum atomic E-state index is -0.970. The number of methoxy groups -OCH3 is 1. The molecule has 0 unspecified atom stereocenters. The second kappa shape index (κ2) is 18.9. The Morgan fingerprint density at radius 3 is 2.46 bits per heavy atom. The van der Waals surface area contributed by atoms with E-state index >= 15 is 0 Å². The number of benzene rings is 3. The Balaban J connectivity index is 1.44. The zero-order valence-electron chi connectivity index (χ0n) is 34.6. The van der Waals surface area contributed by atoms with E-state index in [0.717, 1.165) is 24.8 Å². The first-order valence-electron chi connectivity index (χ1n) is 20.0. The quantitative estimate of drug-likeness (QED) is 0.106. The van der Waals surface area contributed by atoms with Gasteiger partial charge >= 0.3 is 0 Å². The Labute approximate surface area is 336 Å². The molecular formula is C44H61N5O8. The van der Waals surface area contributed by atoms with Crippen molar-refractivity contribution in [3.8, 4) is 16.9 Å². The van der Waals surface area contributed by atoms with Crippen molar-refractivity contribution in [1.29, 1.82) is 0 Å². The largest absolute Gasteiger partial charge is 0.496 e. The van der Waals surface area contributed by atoms with Gasteiger partial charge in [0, 0.05) is 53.4 Å². The number of nitrogens with one attached hydrogen (secondary N) is 2. The number of nitrogens with zero attached hydrogens (tertiary/aromatic N) is 3. The van der Waals surface area contributed by atoms with Crippen LogP contribution in [-0.2, 0) is 22.6 Å². The summed E-state index contributed by atoms with van der Waals surface area (Å²) < 4.78 is 5.96. The lowest BCUT2D eigenvalue weighted by Crippen LogP contribution is -2.55. The van der Waals surface area contributed by atoms with Crippen LogP contribution in [0, 0.1) is 33.3 Å². The van der Waals surface area contributed by atoms with Crippen molar-refractivity contribution in [2.45, 2.75) is 97.2 Å². The maximum absolute atomic E-state index is 14.2. The molecule has 1 saturated carbocycles. The summed E-state index contributed by atoms with van der Waals surface area (Å²) in [6.07, 6.45) is 1.40. The fourth-order valence-corrected chi connectivity index (χ4v) is 8.70. The Bertz CT molecular complexity index is 1850. The van der Waals surface area contributed by atoms with Gasteiger partial charge in [-0.05, 0) is 81.1 Å². The van der Waals surface area contributed by atoms with E-state index in [9.17, 15) is 29.9 Å². The van der Waals surface area contributed by atoms with Crippen molar-refractivity contribution >= 4 is 17.5 Å². The van der Waals surface area contributed by atoms with E-state index in [1.54, 1.807) is 31.2 Å². The number of ether oxygens (including phenoxy) is 1. The first kappa shape index (κ1) is 43.7. The summed E-state index contributed by atoms with van der Waals surface area (Å²) in [6.45, 7) is 10.7. The standard InChI is InChI=1S/C44H61N5O8/c1-27-23-44(4,5)28(2)19-37(27)46-43(53)40-39(29(3)51)38(26-50)57-48(40)24-31-15-12-16-36(41(31)56-8)32-20-33(22-35(21-32)49(54)55)42(52)45-34(25-47(6)7)18-17-30-13-10-9-11-14-30/h9-16,20-22,27-29,34,37-40,50-51H,17-19,23-26H2,1-8H3,(H,45,52)(H,46,53)/t27-,28+,29-,34-,37-,38-,39+,40-/m0/s1. The van der Waals surface area contributed by atoms with Gasteiger partial charge in [-0.1, -0.05) is 76.2 Å². The Morgan fingerprint density at radius 2 is 1.82 bits per heavy atom. The lowest BCUT2D eigenvalue weighted by molar-refractivity contribution is -0.384. The molecule has 8 atom stereocenters. The normalized spacial score (nSPS) is 24.5. The third-order valence-electron chi connectivity index (χ3n) is 12.1. The van der Waals surface area contributed by atoms with Crippen LogP contribution in [0.3, 0.4) is 0 Å². The van der Waals surface area contributed by atoms with Crippen LogP contribution in [0.2, 0.25) is 0 Å². The molecule has 1 aliphatic heterocycles. The van der Waals surface area contributed by atoms with Crippen LogP contribution in [0.5, 0.6) is 5.75 Å². The summed E-state index contributed by atoms with van der Waals surface area (Å²) in [5.74, 6) is -0.446. The molecule has 1 aliphatic carbocycles. The second-order valence-corrected chi connectivity index (χ2v) is 17.1. The molecule has 3 aromatic carbocycles. The number of aliphatic hydroxyl groups is 2. The first-order chi connectivity index (χ1) is 27.0. The highest BCUT2D eigenvalue weighted by molar-refractivity contribution is 5.97. The summed E-state index contributed by atoms with van der Waals surface area (Å²) >= 11 is 0. The van der Waals surface area contributed by atoms with Gasteiger partial charge in [0.15, 0.2) is 0 Å². The number of para-hydroxylation sites is 1. The van der Waals surface area contributed by atoms with E-state index < -0.39 is 41.6 Å². The summed E-state index contributed by atoms with van der Waals surface area (Å²) in [5, 5.41) is 41.4. The molecule has 0 spiro atoms. The number of hydrogen-bond acceptors (Lipinski definition) is 10. The van der Waals surface area contributed by atoms with Gasteiger partial charge in [0.25, 0.3) is 11.6 Å². The Hall–Kier alpha value is -4.40. The van der Waals surface area contributed by atoms with Crippen molar-refractivity contribution in [1.82, 2.24) is 20.6 Å². The van der Waals surface area contributed by atoms with Crippen LogP contribution in [0.1, 0.15) is 75.4 Å². The Kier molecular flexibility index (Phi) is 14.5. The number of hydrogen-bond donors (Lipinski definition) is 4. The molecule has 0 bridgehead atoms. The number of amides is 2. The molecular weight excluding hydrogens is 727 g/mol. The number of non-ortho nitro benzene ring substituents is 1. The van der Waals surface area contributed by atoms with Gasteiger partial charge in [-0.3, -0.25) is 24.5 Å². The van der Waals surface area contributed by atoms with Crippen molar-refractivity contribution in [2.24, 2.45) is 23.2 Å². The highest BCUT2D eigenvalue weighted by atomic mass is 16.7. The van der Waals surface area contributed by atoms with Crippen LogP contribution in [0.4, 0.5) is 5.69 Å². The van der Waals surface area contributed by atoms with E-state index in [1.165, 1.54) is 24.3 Å². The van der Waals surface area contributed by atoms with Crippen LogP contribution >= 0.6 is 0 Å². The lowest BCUT2D eigenvalue weighted by atomic mass is 9.64. The Morgan fingerprint density at radius 1 is 1.11 bits per heavy atom. The number of aryl methyl sites for hydroxylation is 1. The number of nitro benzene ring substituents is 1. The SMILES string of the molecule is COc1c(CN2O[C@@H](CO)[C@@H]([C@H](C)O)[C@H]2C(=O)N[C@H]2C[C@@H](C)C(C)(C)C[C@@H]2C)cccc1-c1cc(C(=O)N[C@@H](CCc2ccccc2)CN(C)C)cc([N+](=O)[O-])c1. The third kappa shape index (κ3) is 10.6. The highest BCUT2D eigenvalue weighted by Crippen LogP contribution is 2.44. The van der Waals surface area contributed by atoms with Crippen LogP contribution in [-0.4, -0.2) is 102 Å². The maximum atomic E-state index is 14.2. The number of likely N-dealkylation sites (N-methyl/N-ethyl adjacent to an activating group) is 1. The van der Waals surface area contributed by atoms with Gasteiger partial charge < -0.3 is 30.5 Å². The molecule has 310 valence electrons. The van der Waals surface area contributed by atoms with Crippen molar-refractivity contribution in [3.05, 3.63) is 93.5 Å². The molecule has 3 aromatic rings. The second-order valence-electron chi connectivity index (χ2n) is 17.1. The minimum Gasteiger partial charge on any atom is -0.496 e. The number of hydroxylamine groups is 2. The summed E-state index contributed by atoms with van der Waals surface area (Å²) in [4.78, 5) is 48.0. The van der Waals surface area contributed by atoms with Gasteiger partial charge in [0.2, 0.25) is 5.91 Å². The van der Waals surface area contributed by atoms with E-state index in [1.807, 2.05) is 49.3 Å². The molecule has 13 nitrogen and oxygen atoms in total. The van der Waals surface area contributed by atoms with Crippen molar-refractivity contribution < 1.29 is 34.3 Å². The predicted octanol–water partition coefficient (Wildman–Crippen LogP) is 5.61. The smallest absolute Gasteiger partial charge is 0.270 e. The summed E-state index contributed by atoms with van der Waals surface area (Å²) in [6, 6.07) is 18.4. The van der Waals surface area contributed by atoms with E-state index in [2.05, 4.69) is 38.3 Å². The number of aliphatic hydroxyl groups excluding tert-OH is 2. The van der Waals surface area contributed by atoms with Gasteiger partial charge in [-0.25, -0.2) is 0 Å². The molecule has 4 N–H and O–H groups in total. The van der Waals surface area contributed by atoms with Gasteiger partial charge in [0.1, 0.15) is 17.9 Å². The predicted molar refractivity (Wildman–Crippen MR) is 219 cm³/mol. The van der Waals surface area contributed by atoms with E-state index in [4.69, 9.17) is 9.57 Å². The number of rotatable bonds is 16. The summed E-state index contributed by atoms with van der Waals surface area (Å²) in [7, 11) is 5.35. The molecule has 5 rings (SSSR count). The number of carbonyl (C=O) groups is 2. The minimum absolute atomic E-state index is 0.0361. The van der Waals surface area contributed by atoms with E-state index in [-0.39, 0.29) is 47.1 Å². The topological polar surface area (TPSA) is 167 Å². The van der Waals surface area contributed by atoms with Crippen LogP contribution in [0.25, 0.3) is 11.1 Å². The van der Waals surface area contributed by atoms with Crippen LogP contribution < -0.4 is 15.4 Å². The zero-order chi connectivity index (χ0) is 41.6. The van der Waals surface area contributed by atoms with Crippen LogP contribution in [0.15, 0.2) is 66.7 Å². The van der Waals surface area contributed by atoms with Gasteiger partial charge in [-0.15, -0.1) is 0 Å². The average Bonchev–Trinajstić information content (AvgIpc) is 3.54. The number of carbonyl (C=O) groups excluding carboxylic acids is 2. The zero-order valence-corrected chi connectivity index (χ0v) is 34.6. The lowest BCUT2D eigenvalue weighted by Gasteiger charge is -2.45. The third-order valence-corrected chi connectivity index (χ3v) is 12.1.